The molecular formula is C17H23ClN4O2. The van der Waals surface area contributed by atoms with Crippen molar-refractivity contribution in [1.29, 1.82) is 0 Å². The van der Waals surface area contributed by atoms with Gasteiger partial charge in [0.15, 0.2) is 5.15 Å². The molecule has 6 nitrogen and oxygen atoms in total. The van der Waals surface area contributed by atoms with Crippen LogP contribution in [-0.2, 0) is 4.74 Å². The van der Waals surface area contributed by atoms with Crippen molar-refractivity contribution in [3.8, 4) is 17.1 Å². The van der Waals surface area contributed by atoms with Crippen LogP contribution in [-0.4, -0.2) is 35.4 Å². The molecule has 0 saturated carbocycles. The minimum absolute atomic E-state index is 0.136. The van der Waals surface area contributed by atoms with Crippen molar-refractivity contribution in [1.82, 2.24) is 15.0 Å². The average Bonchev–Trinajstić information content (AvgIpc) is 2.59. The van der Waals surface area contributed by atoms with E-state index in [1.165, 1.54) is 0 Å². The van der Waals surface area contributed by atoms with E-state index in [9.17, 15) is 0 Å². The summed E-state index contributed by atoms with van der Waals surface area (Å²) in [6.45, 7) is 6.17. The summed E-state index contributed by atoms with van der Waals surface area (Å²) >= 11 is 6.33. The molecule has 0 unspecified atom stereocenters. The van der Waals surface area contributed by atoms with E-state index in [0.29, 0.717) is 28.9 Å². The van der Waals surface area contributed by atoms with Crippen molar-refractivity contribution in [3.63, 3.8) is 0 Å². The Morgan fingerprint density at radius 1 is 1.21 bits per heavy atom. The van der Waals surface area contributed by atoms with Gasteiger partial charge in [-0.15, -0.1) is 0 Å². The first-order valence-corrected chi connectivity index (χ1v) is 8.25. The Bertz CT molecular complexity index is 690. The quantitative estimate of drug-likeness (QED) is 0.757. The number of methoxy groups -OCH3 is 2. The smallest absolute Gasteiger partial charge is 0.223 e. The Balaban J connectivity index is 2.36. The highest BCUT2D eigenvalue weighted by molar-refractivity contribution is 6.32. The first kappa shape index (κ1) is 18.4. The van der Waals surface area contributed by atoms with Crippen molar-refractivity contribution < 1.29 is 9.47 Å². The molecule has 1 atom stereocenters. The lowest BCUT2D eigenvalue weighted by Gasteiger charge is -2.16. The molecule has 24 heavy (non-hydrogen) atoms. The lowest BCUT2D eigenvalue weighted by molar-refractivity contribution is 0.122. The number of pyridine rings is 1. The summed E-state index contributed by atoms with van der Waals surface area (Å²) in [4.78, 5) is 13.3. The molecule has 2 aromatic rings. The van der Waals surface area contributed by atoms with E-state index in [1.807, 2.05) is 19.1 Å². The maximum absolute atomic E-state index is 6.33. The van der Waals surface area contributed by atoms with Gasteiger partial charge in [0, 0.05) is 12.8 Å². The van der Waals surface area contributed by atoms with Crippen LogP contribution in [0.5, 0.6) is 5.88 Å². The molecule has 0 aromatic carbocycles. The predicted octanol–water partition coefficient (Wildman–Crippen LogP) is 4.12. The number of anilines is 1. The van der Waals surface area contributed by atoms with Gasteiger partial charge in [-0.1, -0.05) is 32.4 Å². The molecule has 130 valence electrons. The lowest BCUT2D eigenvalue weighted by Crippen LogP contribution is -2.21. The Morgan fingerprint density at radius 2 is 1.96 bits per heavy atom. The molecule has 1 N–H and O–H groups in total. The number of nitrogens with zero attached hydrogens (tertiary/aromatic N) is 3. The number of nitrogens with one attached hydrogen (secondary N) is 1. The van der Waals surface area contributed by atoms with Gasteiger partial charge in [-0.3, -0.25) is 0 Å². The molecule has 0 amide bonds. The van der Waals surface area contributed by atoms with Gasteiger partial charge in [0.1, 0.15) is 17.7 Å². The van der Waals surface area contributed by atoms with Gasteiger partial charge in [-0.25, -0.2) is 15.0 Å². The van der Waals surface area contributed by atoms with Crippen LogP contribution in [0.3, 0.4) is 0 Å². The van der Waals surface area contributed by atoms with Crippen LogP contribution < -0.4 is 10.1 Å². The van der Waals surface area contributed by atoms with E-state index in [1.54, 1.807) is 20.4 Å². The van der Waals surface area contributed by atoms with Crippen molar-refractivity contribution >= 4 is 17.4 Å². The summed E-state index contributed by atoms with van der Waals surface area (Å²) in [5.41, 5.74) is 2.20. The van der Waals surface area contributed by atoms with Crippen LogP contribution in [0.25, 0.3) is 11.3 Å². The molecule has 2 aromatic heterocycles. The molecular weight excluding hydrogens is 328 g/mol. The van der Waals surface area contributed by atoms with Gasteiger partial charge in [0.05, 0.1) is 18.9 Å². The van der Waals surface area contributed by atoms with Crippen LogP contribution in [0.1, 0.15) is 38.8 Å². The monoisotopic (exact) mass is 350 g/mol. The Morgan fingerprint density at radius 3 is 2.50 bits per heavy atom. The summed E-state index contributed by atoms with van der Waals surface area (Å²) in [6.07, 6.45) is 2.28. The van der Waals surface area contributed by atoms with Gasteiger partial charge in [-0.2, -0.15) is 0 Å². The van der Waals surface area contributed by atoms with E-state index in [2.05, 4.69) is 34.1 Å². The molecule has 0 saturated heterocycles. The summed E-state index contributed by atoms with van der Waals surface area (Å²) in [7, 11) is 3.22. The second kappa shape index (κ2) is 8.26. The number of halogens is 1. The van der Waals surface area contributed by atoms with E-state index in [-0.39, 0.29) is 11.4 Å². The third-order valence-corrected chi connectivity index (χ3v) is 3.88. The van der Waals surface area contributed by atoms with Gasteiger partial charge in [0.2, 0.25) is 5.88 Å². The molecule has 2 heterocycles. The number of hydrogen-bond donors (Lipinski definition) is 1. The zero-order chi connectivity index (χ0) is 17.7. The minimum atomic E-state index is -0.136. The van der Waals surface area contributed by atoms with Crippen molar-refractivity contribution in [3.05, 3.63) is 29.2 Å². The molecule has 0 fully saturated rings. The topological polar surface area (TPSA) is 69.2 Å². The molecule has 0 aliphatic carbocycles. The Labute approximate surface area is 147 Å². The number of hydrogen-bond acceptors (Lipinski definition) is 6. The minimum Gasteiger partial charge on any atom is -0.480 e. The molecule has 2 rings (SSSR count). The van der Waals surface area contributed by atoms with E-state index in [0.717, 1.165) is 12.1 Å². The van der Waals surface area contributed by atoms with Crippen molar-refractivity contribution in [2.45, 2.75) is 39.3 Å². The van der Waals surface area contributed by atoms with Crippen LogP contribution in [0, 0.1) is 0 Å². The SMILES string of the molecule is CC[C@@H](Nc1cnc(-c2ccc(C(C)C)nc2OC)c(Cl)n1)OC. The van der Waals surface area contributed by atoms with Crippen LogP contribution in [0.4, 0.5) is 5.82 Å². The highest BCUT2D eigenvalue weighted by atomic mass is 35.5. The largest absolute Gasteiger partial charge is 0.480 e. The summed E-state index contributed by atoms with van der Waals surface area (Å²) in [5.74, 6) is 1.35. The highest BCUT2D eigenvalue weighted by Crippen LogP contribution is 2.32. The third kappa shape index (κ3) is 4.13. The number of ether oxygens (including phenoxy) is 2. The lowest BCUT2D eigenvalue weighted by atomic mass is 10.1. The fourth-order valence-corrected chi connectivity index (χ4v) is 2.46. The molecule has 0 aliphatic heterocycles. The first-order valence-electron chi connectivity index (χ1n) is 7.87. The fourth-order valence-electron chi connectivity index (χ4n) is 2.22. The Kier molecular flexibility index (Phi) is 6.34. The predicted molar refractivity (Wildman–Crippen MR) is 95.6 cm³/mol. The third-order valence-electron chi connectivity index (χ3n) is 3.62. The summed E-state index contributed by atoms with van der Waals surface area (Å²) in [5, 5.41) is 3.40. The second-order valence-electron chi connectivity index (χ2n) is 5.62. The zero-order valence-electron chi connectivity index (χ0n) is 14.6. The molecule has 7 heteroatoms. The standard InChI is InChI=1S/C17H23ClN4O2/c1-6-14(23-4)21-13-9-19-15(16(18)22-13)11-7-8-12(10(2)3)20-17(11)24-5/h7-10,14H,6H2,1-5H3,(H,21,22)/t14-/m0/s1. The first-order chi connectivity index (χ1) is 11.5. The average molecular weight is 351 g/mol. The second-order valence-corrected chi connectivity index (χ2v) is 5.98. The summed E-state index contributed by atoms with van der Waals surface area (Å²) in [6, 6.07) is 3.86. The van der Waals surface area contributed by atoms with Crippen molar-refractivity contribution in [2.24, 2.45) is 0 Å². The maximum atomic E-state index is 6.33. The summed E-state index contributed by atoms with van der Waals surface area (Å²) < 4.78 is 10.7. The number of aromatic nitrogens is 3. The van der Waals surface area contributed by atoms with Crippen LogP contribution >= 0.6 is 11.6 Å². The van der Waals surface area contributed by atoms with E-state index in [4.69, 9.17) is 21.1 Å². The van der Waals surface area contributed by atoms with Crippen LogP contribution in [0.2, 0.25) is 5.15 Å². The zero-order valence-corrected chi connectivity index (χ0v) is 15.4. The van der Waals surface area contributed by atoms with E-state index >= 15 is 0 Å². The normalized spacial score (nSPS) is 12.3. The maximum Gasteiger partial charge on any atom is 0.223 e. The Hall–Kier alpha value is -1.92. The van der Waals surface area contributed by atoms with Crippen LogP contribution in [0.15, 0.2) is 18.3 Å². The molecule has 0 spiro atoms. The van der Waals surface area contributed by atoms with Crippen molar-refractivity contribution in [2.75, 3.05) is 19.5 Å². The molecule has 0 radical (unpaired) electrons. The highest BCUT2D eigenvalue weighted by Gasteiger charge is 2.16. The molecule has 0 aliphatic rings. The fraction of sp³-hybridized carbons (Fsp3) is 0.471. The van der Waals surface area contributed by atoms with Gasteiger partial charge < -0.3 is 14.8 Å². The van der Waals surface area contributed by atoms with E-state index < -0.39 is 0 Å². The molecule has 0 bridgehead atoms. The number of rotatable bonds is 7. The van der Waals surface area contributed by atoms with Gasteiger partial charge in [-0.05, 0) is 24.5 Å². The van der Waals surface area contributed by atoms with Gasteiger partial charge >= 0.3 is 0 Å². The van der Waals surface area contributed by atoms with Gasteiger partial charge in [0.25, 0.3) is 0 Å².